The van der Waals surface area contributed by atoms with Crippen molar-refractivity contribution in [3.63, 3.8) is 0 Å². The molecule has 0 atom stereocenters. The van der Waals surface area contributed by atoms with Gasteiger partial charge in [0, 0.05) is 39.0 Å². The van der Waals surface area contributed by atoms with Crippen LogP contribution in [0.5, 0.6) is 0 Å². The Balaban J connectivity index is 1.67. The molecule has 0 unspecified atom stereocenters. The molecule has 0 saturated heterocycles. The molecule has 0 spiro atoms. The highest BCUT2D eigenvalue weighted by Gasteiger charge is 2.15. The first kappa shape index (κ1) is 14.4. The maximum Gasteiger partial charge on any atom is 0.0478 e. The van der Waals surface area contributed by atoms with E-state index in [1.807, 2.05) is 0 Å². The highest BCUT2D eigenvalue weighted by molar-refractivity contribution is 5.58. The number of hydrogen-bond acceptors (Lipinski definition) is 3. The Hall–Kier alpha value is -1.06. The van der Waals surface area contributed by atoms with Gasteiger partial charge in [0.05, 0.1) is 0 Å². The number of rotatable bonds is 8. The molecule has 0 aliphatic carbocycles. The molecule has 0 amide bonds. The van der Waals surface area contributed by atoms with E-state index >= 15 is 0 Å². The molecule has 0 saturated carbocycles. The molecule has 0 aromatic heterocycles. The van der Waals surface area contributed by atoms with Crippen molar-refractivity contribution in [2.75, 3.05) is 38.3 Å². The van der Waals surface area contributed by atoms with Gasteiger partial charge in [-0.3, -0.25) is 0 Å². The largest absolute Gasteiger partial charge is 0.381 e. The lowest BCUT2D eigenvalue weighted by atomic mass is 10.1. The summed E-state index contributed by atoms with van der Waals surface area (Å²) in [5, 5.41) is 3.49. The molecule has 106 valence electrons. The fourth-order valence-corrected chi connectivity index (χ4v) is 2.51. The van der Waals surface area contributed by atoms with E-state index in [9.17, 15) is 0 Å². The number of likely N-dealkylation sites (N-methyl/N-ethyl adjacent to an activating group) is 1. The third-order valence-electron chi connectivity index (χ3n) is 3.59. The van der Waals surface area contributed by atoms with Gasteiger partial charge in [0.15, 0.2) is 0 Å². The molecule has 1 aromatic carbocycles. The van der Waals surface area contributed by atoms with Gasteiger partial charge >= 0.3 is 0 Å². The lowest BCUT2D eigenvalue weighted by Crippen LogP contribution is -2.16. The fourth-order valence-electron chi connectivity index (χ4n) is 2.51. The molecule has 0 fully saturated rings. The summed E-state index contributed by atoms with van der Waals surface area (Å²) in [5.41, 5.74) is 4.29. The summed E-state index contributed by atoms with van der Waals surface area (Å²) in [7, 11) is 2.17. The van der Waals surface area contributed by atoms with Crippen molar-refractivity contribution in [3.05, 3.63) is 29.3 Å². The fraction of sp³-hybridized carbons (Fsp3) is 0.625. The van der Waals surface area contributed by atoms with Crippen LogP contribution in [0.3, 0.4) is 0 Å². The van der Waals surface area contributed by atoms with E-state index in [2.05, 4.69) is 42.4 Å². The Kier molecular flexibility index (Phi) is 5.67. The number of nitrogens with one attached hydrogen (secondary N) is 1. The van der Waals surface area contributed by atoms with Crippen LogP contribution in [-0.2, 0) is 17.7 Å². The van der Waals surface area contributed by atoms with Crippen molar-refractivity contribution >= 4 is 5.69 Å². The number of nitrogens with zero attached hydrogens (tertiary/aromatic N) is 1. The second-order valence-corrected chi connectivity index (χ2v) is 5.28. The summed E-state index contributed by atoms with van der Waals surface area (Å²) in [6, 6.07) is 6.84. The zero-order chi connectivity index (χ0) is 13.5. The van der Waals surface area contributed by atoms with Gasteiger partial charge in [-0.05, 0) is 43.0 Å². The lowest BCUT2D eigenvalue weighted by molar-refractivity contribution is 0.132. The van der Waals surface area contributed by atoms with Gasteiger partial charge in [0.2, 0.25) is 0 Å². The number of anilines is 1. The summed E-state index contributed by atoms with van der Waals surface area (Å²) in [6.07, 6.45) is 3.38. The summed E-state index contributed by atoms with van der Waals surface area (Å²) in [4.78, 5) is 2.33. The first-order valence-corrected chi connectivity index (χ1v) is 7.42. The minimum atomic E-state index is 0.871. The highest BCUT2D eigenvalue weighted by Crippen LogP contribution is 2.27. The Morgan fingerprint density at radius 2 is 2.21 bits per heavy atom. The normalized spacial score (nSPS) is 13.9. The molecule has 1 heterocycles. The van der Waals surface area contributed by atoms with Crippen LogP contribution in [0.4, 0.5) is 5.69 Å². The molecular formula is C16H26N2O. The van der Waals surface area contributed by atoms with Crippen LogP contribution in [0.2, 0.25) is 0 Å². The Morgan fingerprint density at radius 1 is 1.32 bits per heavy atom. The van der Waals surface area contributed by atoms with Crippen LogP contribution in [0.1, 0.15) is 30.9 Å². The number of fused-ring (bicyclic) bond motifs is 1. The molecule has 19 heavy (non-hydrogen) atoms. The number of hydrogen-bond donors (Lipinski definition) is 1. The second kappa shape index (κ2) is 7.51. The topological polar surface area (TPSA) is 24.5 Å². The highest BCUT2D eigenvalue weighted by atomic mass is 16.5. The average molecular weight is 262 g/mol. The maximum atomic E-state index is 5.46. The molecule has 1 N–H and O–H groups in total. The maximum absolute atomic E-state index is 5.46. The van der Waals surface area contributed by atoms with E-state index in [0.717, 1.165) is 45.7 Å². The predicted octanol–water partition coefficient (Wildman–Crippen LogP) is 2.59. The summed E-state index contributed by atoms with van der Waals surface area (Å²) < 4.78 is 5.46. The zero-order valence-corrected chi connectivity index (χ0v) is 12.2. The minimum absolute atomic E-state index is 0.871. The van der Waals surface area contributed by atoms with E-state index in [0.29, 0.717) is 0 Å². The Labute approximate surface area is 116 Å². The van der Waals surface area contributed by atoms with Crippen molar-refractivity contribution in [1.82, 2.24) is 5.32 Å². The van der Waals surface area contributed by atoms with Gasteiger partial charge in [0.1, 0.15) is 0 Å². The first-order chi connectivity index (χ1) is 9.31. The van der Waals surface area contributed by atoms with Crippen LogP contribution in [0.25, 0.3) is 0 Å². The first-order valence-electron chi connectivity index (χ1n) is 7.42. The van der Waals surface area contributed by atoms with Gasteiger partial charge < -0.3 is 15.0 Å². The zero-order valence-electron chi connectivity index (χ0n) is 12.2. The molecule has 1 aromatic rings. The van der Waals surface area contributed by atoms with Crippen LogP contribution in [0.15, 0.2) is 18.2 Å². The van der Waals surface area contributed by atoms with Gasteiger partial charge in [-0.1, -0.05) is 19.1 Å². The van der Waals surface area contributed by atoms with Gasteiger partial charge in [-0.25, -0.2) is 0 Å². The molecule has 3 nitrogen and oxygen atoms in total. The Morgan fingerprint density at radius 3 is 3.05 bits per heavy atom. The molecule has 2 rings (SSSR count). The molecule has 3 heteroatoms. The molecule has 0 radical (unpaired) electrons. The quantitative estimate of drug-likeness (QED) is 0.729. The van der Waals surface area contributed by atoms with Crippen molar-refractivity contribution in [2.24, 2.45) is 0 Å². The average Bonchev–Trinajstić information content (AvgIpc) is 2.79. The van der Waals surface area contributed by atoms with Crippen LogP contribution >= 0.6 is 0 Å². The Bertz CT molecular complexity index is 392. The third kappa shape index (κ3) is 4.22. The van der Waals surface area contributed by atoms with Gasteiger partial charge in [-0.15, -0.1) is 0 Å². The molecule has 1 aliphatic heterocycles. The molecule has 0 bridgehead atoms. The van der Waals surface area contributed by atoms with Gasteiger partial charge in [0.25, 0.3) is 0 Å². The third-order valence-corrected chi connectivity index (χ3v) is 3.59. The number of benzene rings is 1. The van der Waals surface area contributed by atoms with Crippen molar-refractivity contribution in [3.8, 4) is 0 Å². The van der Waals surface area contributed by atoms with E-state index in [1.54, 1.807) is 0 Å². The summed E-state index contributed by atoms with van der Waals surface area (Å²) >= 11 is 0. The molecule has 1 aliphatic rings. The predicted molar refractivity (Wildman–Crippen MR) is 80.8 cm³/mol. The van der Waals surface area contributed by atoms with Crippen molar-refractivity contribution < 1.29 is 4.74 Å². The smallest absolute Gasteiger partial charge is 0.0478 e. The SMILES string of the molecule is CCCOCCCNCc1ccc2c(c1)CCN2C. The van der Waals surface area contributed by atoms with Crippen LogP contribution in [-0.4, -0.2) is 33.4 Å². The summed E-state index contributed by atoms with van der Waals surface area (Å²) in [6.45, 7) is 7.05. The van der Waals surface area contributed by atoms with Crippen LogP contribution in [0, 0.1) is 0 Å². The summed E-state index contributed by atoms with van der Waals surface area (Å²) in [5.74, 6) is 0. The van der Waals surface area contributed by atoms with E-state index in [-0.39, 0.29) is 0 Å². The van der Waals surface area contributed by atoms with Gasteiger partial charge in [-0.2, -0.15) is 0 Å². The van der Waals surface area contributed by atoms with Crippen molar-refractivity contribution in [2.45, 2.75) is 32.7 Å². The molecular weight excluding hydrogens is 236 g/mol. The number of ether oxygens (including phenoxy) is 1. The van der Waals surface area contributed by atoms with Crippen LogP contribution < -0.4 is 10.2 Å². The standard InChI is InChI=1S/C16H26N2O/c1-3-10-19-11-4-8-17-13-14-5-6-16-15(12-14)7-9-18(16)2/h5-6,12,17H,3-4,7-11,13H2,1-2H3. The van der Waals surface area contributed by atoms with E-state index in [4.69, 9.17) is 4.74 Å². The van der Waals surface area contributed by atoms with E-state index in [1.165, 1.54) is 23.2 Å². The minimum Gasteiger partial charge on any atom is -0.381 e. The van der Waals surface area contributed by atoms with Crippen molar-refractivity contribution in [1.29, 1.82) is 0 Å². The monoisotopic (exact) mass is 262 g/mol. The lowest BCUT2D eigenvalue weighted by Gasteiger charge is -2.12. The second-order valence-electron chi connectivity index (χ2n) is 5.28. The van der Waals surface area contributed by atoms with E-state index < -0.39 is 0 Å².